The Balaban J connectivity index is 1.66. The van der Waals surface area contributed by atoms with Gasteiger partial charge in [-0.05, 0) is 43.7 Å². The highest BCUT2D eigenvalue weighted by Gasteiger charge is 2.19. The van der Waals surface area contributed by atoms with E-state index in [4.69, 9.17) is 11.6 Å². The van der Waals surface area contributed by atoms with E-state index >= 15 is 0 Å². The lowest BCUT2D eigenvalue weighted by molar-refractivity contribution is 0.0773. The first-order chi connectivity index (χ1) is 16.9. The summed E-state index contributed by atoms with van der Waals surface area (Å²) < 4.78 is 2.06. The van der Waals surface area contributed by atoms with Crippen LogP contribution in [-0.2, 0) is 11.5 Å². The van der Waals surface area contributed by atoms with Gasteiger partial charge in [0.25, 0.3) is 11.5 Å². The zero-order chi connectivity index (χ0) is 25.1. The van der Waals surface area contributed by atoms with E-state index < -0.39 is 0 Å². The van der Waals surface area contributed by atoms with Gasteiger partial charge in [0, 0.05) is 53.8 Å². The number of fused-ring (bicyclic) bond motifs is 1. The predicted octanol–water partition coefficient (Wildman–Crippen LogP) is 4.60. The monoisotopic (exact) mass is 603 g/mol. The summed E-state index contributed by atoms with van der Waals surface area (Å²) >= 11 is 8.58. The van der Waals surface area contributed by atoms with E-state index in [1.54, 1.807) is 48.6 Å². The number of nitrogens with one attached hydrogen (secondary N) is 1. The first-order valence-electron chi connectivity index (χ1n) is 11.0. The van der Waals surface area contributed by atoms with Gasteiger partial charge in [-0.2, -0.15) is 4.98 Å². The van der Waals surface area contributed by atoms with Crippen LogP contribution in [0.3, 0.4) is 0 Å². The van der Waals surface area contributed by atoms with E-state index in [1.807, 2.05) is 13.8 Å². The second-order valence-electron chi connectivity index (χ2n) is 7.70. The Bertz CT molecular complexity index is 1450. The first kappa shape index (κ1) is 25.0. The van der Waals surface area contributed by atoms with Crippen LogP contribution in [-0.4, -0.2) is 48.4 Å². The molecule has 0 atom stereocenters. The molecule has 0 bridgehead atoms. The molecule has 9 nitrogen and oxygen atoms in total. The molecule has 0 saturated carbocycles. The number of halogens is 2. The first-order valence-corrected chi connectivity index (χ1v) is 12.9. The molecule has 4 aromatic rings. The van der Waals surface area contributed by atoms with Crippen molar-refractivity contribution in [1.29, 1.82) is 0 Å². The lowest BCUT2D eigenvalue weighted by Crippen LogP contribution is -2.30. The molecule has 0 unspecified atom stereocenters. The molecule has 0 radical (unpaired) electrons. The third kappa shape index (κ3) is 4.98. The van der Waals surface area contributed by atoms with Crippen LogP contribution >= 0.6 is 34.2 Å². The van der Waals surface area contributed by atoms with E-state index in [1.165, 1.54) is 10.8 Å². The van der Waals surface area contributed by atoms with E-state index in [0.717, 1.165) is 5.56 Å². The number of rotatable bonds is 7. The summed E-state index contributed by atoms with van der Waals surface area (Å²) in [7, 11) is 1.64. The van der Waals surface area contributed by atoms with Crippen LogP contribution in [0.15, 0.2) is 47.7 Å². The quantitative estimate of drug-likeness (QED) is 0.243. The maximum absolute atomic E-state index is 13.2. The summed E-state index contributed by atoms with van der Waals surface area (Å²) in [6.45, 7) is 5.21. The average Bonchev–Trinajstić information content (AvgIpc) is 2.87. The van der Waals surface area contributed by atoms with Crippen LogP contribution in [0.5, 0.6) is 0 Å². The predicted molar refractivity (Wildman–Crippen MR) is 146 cm³/mol. The van der Waals surface area contributed by atoms with Gasteiger partial charge in [-0.3, -0.25) is 19.1 Å². The Morgan fingerprint density at radius 3 is 2.49 bits per heavy atom. The number of alkyl halides is 1. The molecule has 0 aliphatic carbocycles. The highest BCUT2D eigenvalue weighted by Crippen LogP contribution is 2.29. The maximum Gasteiger partial charge on any atom is 0.278 e. The molecule has 0 aliphatic heterocycles. The number of benzene rings is 1. The number of aromatic nitrogens is 5. The maximum atomic E-state index is 13.2. The largest absolute Gasteiger partial charge is 0.339 e. The van der Waals surface area contributed by atoms with Gasteiger partial charge in [0.1, 0.15) is 11.2 Å². The minimum absolute atomic E-state index is 0.0135. The molecule has 4 rings (SSSR count). The van der Waals surface area contributed by atoms with Crippen LogP contribution in [0, 0.1) is 0 Å². The van der Waals surface area contributed by atoms with Gasteiger partial charge in [-0.25, -0.2) is 9.97 Å². The number of hydrogen-bond donors (Lipinski definition) is 1. The van der Waals surface area contributed by atoms with Crippen molar-refractivity contribution in [3.8, 4) is 11.3 Å². The van der Waals surface area contributed by atoms with Crippen molar-refractivity contribution in [2.24, 2.45) is 7.05 Å². The number of anilines is 2. The summed E-state index contributed by atoms with van der Waals surface area (Å²) in [4.78, 5) is 45.0. The van der Waals surface area contributed by atoms with Gasteiger partial charge in [-0.15, -0.1) is 0 Å². The summed E-state index contributed by atoms with van der Waals surface area (Å²) in [6, 6.07) is 7.11. The molecule has 0 fully saturated rings. The van der Waals surface area contributed by atoms with Gasteiger partial charge in [0.2, 0.25) is 5.95 Å². The molecular weight excluding hydrogens is 581 g/mol. The third-order valence-electron chi connectivity index (χ3n) is 5.60. The second kappa shape index (κ2) is 10.6. The number of carbonyl (C=O) groups is 1. The fourth-order valence-electron chi connectivity index (χ4n) is 3.70. The molecule has 0 saturated heterocycles. The summed E-state index contributed by atoms with van der Waals surface area (Å²) in [6.07, 6.45) is 4.75. The third-order valence-corrected chi connectivity index (χ3v) is 6.71. The van der Waals surface area contributed by atoms with Crippen molar-refractivity contribution < 1.29 is 4.79 Å². The molecule has 35 heavy (non-hydrogen) atoms. The number of nitrogens with zero attached hydrogens (tertiary/aromatic N) is 6. The van der Waals surface area contributed by atoms with Crippen molar-refractivity contribution >= 4 is 62.9 Å². The van der Waals surface area contributed by atoms with Crippen LogP contribution < -0.4 is 10.9 Å². The van der Waals surface area contributed by atoms with Gasteiger partial charge in [0.05, 0.1) is 11.2 Å². The van der Waals surface area contributed by atoms with Crippen molar-refractivity contribution in [1.82, 2.24) is 29.4 Å². The zero-order valence-electron chi connectivity index (χ0n) is 19.4. The smallest absolute Gasteiger partial charge is 0.278 e. The Morgan fingerprint density at radius 2 is 1.83 bits per heavy atom. The molecule has 0 aliphatic rings. The number of pyridine rings is 1. The molecule has 3 aromatic heterocycles. The highest BCUT2D eigenvalue weighted by atomic mass is 127. The van der Waals surface area contributed by atoms with Crippen LogP contribution in [0.4, 0.5) is 11.6 Å². The normalized spacial score (nSPS) is 11.0. The lowest BCUT2D eigenvalue weighted by Gasteiger charge is -2.18. The molecule has 0 spiro atoms. The van der Waals surface area contributed by atoms with Crippen molar-refractivity contribution in [2.45, 2.75) is 18.3 Å². The van der Waals surface area contributed by atoms with Gasteiger partial charge < -0.3 is 10.2 Å². The summed E-state index contributed by atoms with van der Waals surface area (Å²) in [5.41, 5.74) is 3.47. The standard InChI is InChI=1S/C24H23ClIN7O2/c1-4-33(5-2)22(34)14-6-8-16(9-7-14)29-24-28-13-18-21(31-24)32(3)23(35)20(30-18)19-15(10-26)11-27-12-17(19)25/h6-9,11-13H,4-5,10H2,1-3H3,(H,28,29,31). The molecule has 1 N–H and O–H groups in total. The molecule has 180 valence electrons. The average molecular weight is 604 g/mol. The van der Waals surface area contributed by atoms with Crippen molar-refractivity contribution in [3.63, 3.8) is 0 Å². The van der Waals surface area contributed by atoms with E-state index in [2.05, 4.69) is 47.8 Å². The number of hydrogen-bond acceptors (Lipinski definition) is 7. The second-order valence-corrected chi connectivity index (χ2v) is 8.87. The van der Waals surface area contributed by atoms with Crippen LogP contribution in [0.25, 0.3) is 22.4 Å². The van der Waals surface area contributed by atoms with Crippen molar-refractivity contribution in [2.75, 3.05) is 18.4 Å². The van der Waals surface area contributed by atoms with Crippen molar-refractivity contribution in [3.05, 3.63) is 69.4 Å². The summed E-state index contributed by atoms with van der Waals surface area (Å²) in [5, 5.41) is 3.49. The van der Waals surface area contributed by atoms with E-state index in [9.17, 15) is 9.59 Å². The highest BCUT2D eigenvalue weighted by molar-refractivity contribution is 14.1. The summed E-state index contributed by atoms with van der Waals surface area (Å²) in [5.74, 6) is 0.292. The number of aryl methyl sites for hydroxylation is 1. The fraction of sp³-hybridized carbons (Fsp3) is 0.250. The lowest BCUT2D eigenvalue weighted by atomic mass is 10.1. The molecule has 11 heteroatoms. The molecule has 1 amide bonds. The Morgan fingerprint density at radius 1 is 1.11 bits per heavy atom. The Labute approximate surface area is 220 Å². The molecular formula is C24H23ClIN7O2. The van der Waals surface area contributed by atoms with Crippen LogP contribution in [0.1, 0.15) is 29.8 Å². The fourth-order valence-corrected chi connectivity index (χ4v) is 4.54. The van der Waals surface area contributed by atoms with E-state index in [0.29, 0.717) is 56.5 Å². The van der Waals surface area contributed by atoms with Gasteiger partial charge >= 0.3 is 0 Å². The molecule has 3 heterocycles. The molecule has 1 aromatic carbocycles. The van der Waals surface area contributed by atoms with Gasteiger partial charge in [0.15, 0.2) is 5.65 Å². The van der Waals surface area contributed by atoms with E-state index in [-0.39, 0.29) is 17.2 Å². The Kier molecular flexibility index (Phi) is 7.60. The number of amides is 1. The minimum atomic E-state index is -0.319. The van der Waals surface area contributed by atoms with Crippen LogP contribution in [0.2, 0.25) is 5.02 Å². The number of carbonyl (C=O) groups excluding carboxylic acids is 1. The SMILES string of the molecule is CCN(CC)C(=O)c1ccc(Nc2ncc3nc(-c4c(Cl)cncc4CI)c(=O)n(C)c3n2)cc1. The minimum Gasteiger partial charge on any atom is -0.339 e. The Hall–Kier alpha value is -3.12. The topological polar surface area (TPSA) is 106 Å². The van der Waals surface area contributed by atoms with Gasteiger partial charge in [-0.1, -0.05) is 34.2 Å². The zero-order valence-corrected chi connectivity index (χ0v) is 22.3.